The van der Waals surface area contributed by atoms with Gasteiger partial charge in [-0.15, -0.1) is 0 Å². The van der Waals surface area contributed by atoms with Crippen molar-refractivity contribution in [3.8, 4) is 11.1 Å². The summed E-state index contributed by atoms with van der Waals surface area (Å²) in [6, 6.07) is 5.51. The second-order valence-corrected chi connectivity index (χ2v) is 6.31. The number of anilines is 1. The highest BCUT2D eigenvalue weighted by molar-refractivity contribution is 6.39. The molecule has 3 nitrogen and oxygen atoms in total. The monoisotopic (exact) mass is 309 g/mol. The molecule has 106 valence electrons. The number of halogens is 2. The summed E-state index contributed by atoms with van der Waals surface area (Å²) in [4.78, 5) is 0. The number of hydrogen-bond acceptors (Lipinski definition) is 2. The molecule has 0 radical (unpaired) electrons. The van der Waals surface area contributed by atoms with Gasteiger partial charge >= 0.3 is 0 Å². The van der Waals surface area contributed by atoms with E-state index in [0.717, 1.165) is 16.8 Å². The quantitative estimate of drug-likeness (QED) is 0.907. The van der Waals surface area contributed by atoms with Crippen LogP contribution in [-0.2, 0) is 7.05 Å². The topological polar surface area (TPSA) is 43.8 Å². The highest BCUT2D eigenvalue weighted by Crippen LogP contribution is 2.48. The van der Waals surface area contributed by atoms with Crippen molar-refractivity contribution in [2.24, 2.45) is 13.0 Å². The Balaban J connectivity index is 2.22. The Hall–Kier alpha value is -1.19. The molecule has 1 fully saturated rings. The van der Waals surface area contributed by atoms with Crippen LogP contribution in [0.3, 0.4) is 0 Å². The van der Waals surface area contributed by atoms with Crippen molar-refractivity contribution in [3.63, 3.8) is 0 Å². The molecule has 0 saturated heterocycles. The molecule has 20 heavy (non-hydrogen) atoms. The maximum absolute atomic E-state index is 6.34. The zero-order valence-electron chi connectivity index (χ0n) is 11.5. The zero-order chi connectivity index (χ0) is 14.4. The first-order chi connectivity index (χ1) is 9.50. The fraction of sp³-hybridized carbons (Fsp3) is 0.400. The van der Waals surface area contributed by atoms with Gasteiger partial charge in [-0.2, -0.15) is 5.10 Å². The summed E-state index contributed by atoms with van der Waals surface area (Å²) in [7, 11) is 1.85. The van der Waals surface area contributed by atoms with E-state index in [1.54, 1.807) is 4.68 Å². The molecule has 3 rings (SSSR count). The number of aromatic nitrogens is 2. The number of benzene rings is 1. The van der Waals surface area contributed by atoms with Crippen LogP contribution >= 0.6 is 23.2 Å². The highest BCUT2D eigenvalue weighted by Gasteiger charge is 2.34. The van der Waals surface area contributed by atoms with Crippen LogP contribution in [0.25, 0.3) is 11.1 Å². The third-order valence-electron chi connectivity index (χ3n) is 4.09. The van der Waals surface area contributed by atoms with E-state index >= 15 is 0 Å². The van der Waals surface area contributed by atoms with Crippen LogP contribution in [0.4, 0.5) is 5.82 Å². The first kappa shape index (κ1) is 13.8. The number of aryl methyl sites for hydroxylation is 1. The van der Waals surface area contributed by atoms with Gasteiger partial charge in [0.1, 0.15) is 5.82 Å². The lowest BCUT2D eigenvalue weighted by Crippen LogP contribution is -2.00. The molecule has 1 aliphatic carbocycles. The molecule has 0 bridgehead atoms. The van der Waals surface area contributed by atoms with Crippen molar-refractivity contribution >= 4 is 29.0 Å². The summed E-state index contributed by atoms with van der Waals surface area (Å²) in [6.45, 7) is 2.20. The zero-order valence-corrected chi connectivity index (χ0v) is 13.0. The standard InChI is InChI=1S/C15H17Cl2N3/c1-8(9-6-7-9)14-13(15(18)20(2)19-14)12-10(16)4-3-5-11(12)17/h3-5,8-9H,6-7,18H2,1-2H3. The van der Waals surface area contributed by atoms with Crippen molar-refractivity contribution in [3.05, 3.63) is 33.9 Å². The van der Waals surface area contributed by atoms with Crippen molar-refractivity contribution in [2.75, 3.05) is 5.73 Å². The Morgan fingerprint density at radius 3 is 2.40 bits per heavy atom. The average Bonchev–Trinajstić information content (AvgIpc) is 3.20. The molecule has 5 heteroatoms. The minimum atomic E-state index is 0.376. The minimum Gasteiger partial charge on any atom is -0.383 e. The molecule has 0 aliphatic heterocycles. The van der Waals surface area contributed by atoms with E-state index in [0.29, 0.717) is 27.7 Å². The fourth-order valence-electron chi connectivity index (χ4n) is 2.69. The van der Waals surface area contributed by atoms with Crippen LogP contribution < -0.4 is 5.73 Å². The molecule has 1 aromatic carbocycles. The van der Waals surface area contributed by atoms with Gasteiger partial charge in [0, 0.05) is 18.5 Å². The molecule has 1 atom stereocenters. The number of nitrogens with zero attached hydrogens (tertiary/aromatic N) is 2. The molecular formula is C15H17Cl2N3. The summed E-state index contributed by atoms with van der Waals surface area (Å²) >= 11 is 12.7. The lowest BCUT2D eigenvalue weighted by Gasteiger charge is -2.12. The normalized spacial score (nSPS) is 16.4. The van der Waals surface area contributed by atoms with Gasteiger partial charge in [-0.25, -0.2) is 0 Å². The molecule has 1 aliphatic rings. The minimum absolute atomic E-state index is 0.376. The van der Waals surface area contributed by atoms with Gasteiger partial charge < -0.3 is 5.73 Å². The van der Waals surface area contributed by atoms with Gasteiger partial charge in [-0.3, -0.25) is 4.68 Å². The second kappa shape index (κ2) is 4.97. The molecule has 2 aromatic rings. The first-order valence-electron chi connectivity index (χ1n) is 6.77. The van der Waals surface area contributed by atoms with Crippen LogP contribution in [0.5, 0.6) is 0 Å². The summed E-state index contributed by atoms with van der Waals surface area (Å²) in [5.74, 6) is 1.69. The van der Waals surface area contributed by atoms with Crippen LogP contribution in [0.1, 0.15) is 31.4 Å². The number of rotatable bonds is 3. The Labute approximate surface area is 128 Å². The highest BCUT2D eigenvalue weighted by atomic mass is 35.5. The van der Waals surface area contributed by atoms with E-state index < -0.39 is 0 Å². The van der Waals surface area contributed by atoms with E-state index in [1.807, 2.05) is 25.2 Å². The van der Waals surface area contributed by atoms with Gasteiger partial charge in [-0.1, -0.05) is 36.2 Å². The molecule has 0 amide bonds. The molecule has 1 unspecified atom stereocenters. The van der Waals surface area contributed by atoms with Gasteiger partial charge in [0.15, 0.2) is 0 Å². The van der Waals surface area contributed by atoms with Gasteiger partial charge in [0.2, 0.25) is 0 Å². The maximum atomic E-state index is 6.34. The molecule has 2 N–H and O–H groups in total. The second-order valence-electron chi connectivity index (χ2n) is 5.49. The van der Waals surface area contributed by atoms with Gasteiger partial charge in [-0.05, 0) is 30.9 Å². The SMILES string of the molecule is CC(c1nn(C)c(N)c1-c1c(Cl)cccc1Cl)C1CC1. The molecule has 1 aromatic heterocycles. The number of nitrogens with two attached hydrogens (primary N) is 1. The van der Waals surface area contributed by atoms with E-state index in [-0.39, 0.29) is 0 Å². The van der Waals surface area contributed by atoms with E-state index in [1.165, 1.54) is 12.8 Å². The predicted octanol–water partition coefficient (Wildman–Crippen LogP) is 4.49. The number of hydrogen-bond donors (Lipinski definition) is 1. The van der Waals surface area contributed by atoms with E-state index in [9.17, 15) is 0 Å². The maximum Gasteiger partial charge on any atom is 0.129 e. The average molecular weight is 310 g/mol. The fourth-order valence-corrected chi connectivity index (χ4v) is 3.28. The van der Waals surface area contributed by atoms with Crippen LogP contribution in [0.2, 0.25) is 10.0 Å². The summed E-state index contributed by atoms with van der Waals surface area (Å²) < 4.78 is 1.71. The van der Waals surface area contributed by atoms with Gasteiger partial charge in [0.25, 0.3) is 0 Å². The smallest absolute Gasteiger partial charge is 0.129 e. The Kier molecular flexibility index (Phi) is 3.43. The lowest BCUT2D eigenvalue weighted by atomic mass is 9.94. The van der Waals surface area contributed by atoms with Crippen molar-refractivity contribution in [1.82, 2.24) is 9.78 Å². The summed E-state index contributed by atoms with van der Waals surface area (Å²) in [6.07, 6.45) is 2.51. The molecule has 1 saturated carbocycles. The third-order valence-corrected chi connectivity index (χ3v) is 4.72. The van der Waals surface area contributed by atoms with Crippen LogP contribution in [0.15, 0.2) is 18.2 Å². The summed E-state index contributed by atoms with van der Waals surface area (Å²) in [5, 5.41) is 5.83. The van der Waals surface area contributed by atoms with Crippen LogP contribution in [0, 0.1) is 5.92 Å². The molecular weight excluding hydrogens is 293 g/mol. The Morgan fingerprint density at radius 2 is 1.85 bits per heavy atom. The third kappa shape index (κ3) is 2.19. The Bertz CT molecular complexity index is 639. The van der Waals surface area contributed by atoms with Crippen LogP contribution in [-0.4, -0.2) is 9.78 Å². The lowest BCUT2D eigenvalue weighted by molar-refractivity contribution is 0.622. The Morgan fingerprint density at radius 1 is 1.25 bits per heavy atom. The largest absolute Gasteiger partial charge is 0.383 e. The number of nitrogen functional groups attached to an aromatic ring is 1. The summed E-state index contributed by atoms with van der Waals surface area (Å²) in [5.41, 5.74) is 8.90. The molecule has 0 spiro atoms. The van der Waals surface area contributed by atoms with E-state index in [4.69, 9.17) is 28.9 Å². The van der Waals surface area contributed by atoms with E-state index in [2.05, 4.69) is 12.0 Å². The van der Waals surface area contributed by atoms with Crippen molar-refractivity contribution in [1.29, 1.82) is 0 Å². The molecule has 1 heterocycles. The van der Waals surface area contributed by atoms with Crippen molar-refractivity contribution < 1.29 is 0 Å². The first-order valence-corrected chi connectivity index (χ1v) is 7.53. The van der Waals surface area contributed by atoms with Crippen molar-refractivity contribution in [2.45, 2.75) is 25.7 Å². The van der Waals surface area contributed by atoms with Gasteiger partial charge in [0.05, 0.1) is 21.3 Å². The predicted molar refractivity (Wildman–Crippen MR) is 84.2 cm³/mol.